The monoisotopic (exact) mass is 397 g/mol. The zero-order valence-corrected chi connectivity index (χ0v) is 16.1. The van der Waals surface area contributed by atoms with E-state index in [0.717, 1.165) is 0 Å². The highest BCUT2D eigenvalue weighted by molar-refractivity contribution is 6.32. The van der Waals surface area contributed by atoms with Gasteiger partial charge in [-0.15, -0.1) is 0 Å². The largest absolute Gasteiger partial charge is 0.493 e. The lowest BCUT2D eigenvalue weighted by molar-refractivity contribution is -0.146. The molecule has 0 atom stereocenters. The molecule has 0 saturated carbocycles. The summed E-state index contributed by atoms with van der Waals surface area (Å²) in [5, 5.41) is 15.6. The van der Waals surface area contributed by atoms with Crippen molar-refractivity contribution < 1.29 is 28.7 Å². The van der Waals surface area contributed by atoms with Gasteiger partial charge in [0.25, 0.3) is 0 Å². The fraction of sp³-hybridized carbons (Fsp3) is 0.412. The van der Waals surface area contributed by atoms with Crippen molar-refractivity contribution in [3.63, 3.8) is 0 Å². The molecule has 1 aromatic carbocycles. The van der Waals surface area contributed by atoms with Crippen molar-refractivity contribution in [2.45, 2.75) is 32.2 Å². The third-order valence-electron chi connectivity index (χ3n) is 3.71. The molecule has 9 nitrogen and oxygen atoms in total. The van der Waals surface area contributed by atoms with Gasteiger partial charge < -0.3 is 24.4 Å². The molecule has 0 bridgehead atoms. The predicted octanol–water partition coefficient (Wildman–Crippen LogP) is 2.32. The van der Waals surface area contributed by atoms with E-state index >= 15 is 0 Å². The van der Waals surface area contributed by atoms with Crippen LogP contribution in [0.4, 0.5) is 0 Å². The van der Waals surface area contributed by atoms with E-state index in [0.29, 0.717) is 22.1 Å². The Bertz CT molecular complexity index is 849. The van der Waals surface area contributed by atoms with Crippen LogP contribution in [0, 0.1) is 0 Å². The maximum atomic E-state index is 11.9. The topological polar surface area (TPSA) is 124 Å². The minimum atomic E-state index is -1.35. The van der Waals surface area contributed by atoms with Crippen LogP contribution >= 0.6 is 11.6 Å². The second-order valence-electron chi connectivity index (χ2n) is 6.18. The normalized spacial score (nSPS) is 11.1. The minimum Gasteiger partial charge on any atom is -0.493 e. The molecule has 0 saturated heterocycles. The third kappa shape index (κ3) is 4.88. The average molecular weight is 398 g/mol. The number of ether oxygens (including phenoxy) is 2. The second-order valence-corrected chi connectivity index (χ2v) is 6.59. The number of aliphatic carboxylic acids is 1. The van der Waals surface area contributed by atoms with Crippen molar-refractivity contribution in [3.8, 4) is 22.9 Å². The smallest absolute Gasteiger partial charge is 0.328 e. The summed E-state index contributed by atoms with van der Waals surface area (Å²) in [5.74, 6) is -0.234. The van der Waals surface area contributed by atoms with E-state index in [9.17, 15) is 9.59 Å². The van der Waals surface area contributed by atoms with Crippen molar-refractivity contribution in [1.29, 1.82) is 0 Å². The molecule has 146 valence electrons. The first kappa shape index (κ1) is 20.5. The van der Waals surface area contributed by atoms with Crippen LogP contribution in [0.3, 0.4) is 0 Å². The Morgan fingerprint density at radius 2 is 2.00 bits per heavy atom. The molecule has 1 heterocycles. The summed E-state index contributed by atoms with van der Waals surface area (Å²) in [4.78, 5) is 27.2. The third-order valence-corrected chi connectivity index (χ3v) is 3.99. The lowest BCUT2D eigenvalue weighted by Gasteiger charge is -2.20. The van der Waals surface area contributed by atoms with Gasteiger partial charge in [0.05, 0.1) is 19.2 Å². The van der Waals surface area contributed by atoms with E-state index in [1.54, 1.807) is 12.1 Å². The van der Waals surface area contributed by atoms with Crippen molar-refractivity contribution >= 4 is 23.5 Å². The molecule has 2 N–H and O–H groups in total. The van der Waals surface area contributed by atoms with Crippen LogP contribution in [-0.2, 0) is 16.0 Å². The van der Waals surface area contributed by atoms with Crippen molar-refractivity contribution in [2.75, 3.05) is 14.2 Å². The number of rotatable bonds is 8. The SMILES string of the molecule is COc1cc(-c2noc(CCC(=O)NC(C)(C)C(=O)O)n2)cc(Cl)c1OC. The molecule has 2 aromatic rings. The zero-order chi connectivity index (χ0) is 20.2. The molecule has 0 spiro atoms. The molecule has 0 aliphatic rings. The van der Waals surface area contributed by atoms with E-state index < -0.39 is 17.4 Å². The number of halogens is 1. The summed E-state index contributed by atoms with van der Waals surface area (Å²) in [6.07, 6.45) is 0.167. The molecule has 27 heavy (non-hydrogen) atoms. The number of nitrogens with one attached hydrogen (secondary N) is 1. The van der Waals surface area contributed by atoms with Crippen LogP contribution in [-0.4, -0.2) is 46.9 Å². The van der Waals surface area contributed by atoms with Crippen LogP contribution in [0.5, 0.6) is 11.5 Å². The van der Waals surface area contributed by atoms with Gasteiger partial charge in [-0.05, 0) is 26.0 Å². The number of carboxylic acid groups (broad SMARTS) is 1. The van der Waals surface area contributed by atoms with E-state index in [2.05, 4.69) is 15.5 Å². The fourth-order valence-electron chi connectivity index (χ4n) is 2.21. The Balaban J connectivity index is 2.08. The Hall–Kier alpha value is -2.81. The first-order valence-electron chi connectivity index (χ1n) is 7.96. The predicted molar refractivity (Wildman–Crippen MR) is 96.0 cm³/mol. The highest BCUT2D eigenvalue weighted by Gasteiger charge is 2.28. The average Bonchev–Trinajstić information content (AvgIpc) is 3.07. The number of benzene rings is 1. The molecule has 0 aliphatic carbocycles. The second kappa shape index (κ2) is 8.26. The van der Waals surface area contributed by atoms with Gasteiger partial charge >= 0.3 is 5.97 Å². The summed E-state index contributed by atoms with van der Waals surface area (Å²) in [6, 6.07) is 3.26. The van der Waals surface area contributed by atoms with Gasteiger partial charge in [0.15, 0.2) is 11.5 Å². The summed E-state index contributed by atoms with van der Waals surface area (Å²) >= 11 is 6.17. The van der Waals surface area contributed by atoms with Gasteiger partial charge in [-0.25, -0.2) is 4.79 Å². The molecule has 0 aliphatic heterocycles. The van der Waals surface area contributed by atoms with E-state index in [4.69, 9.17) is 30.7 Å². The Morgan fingerprint density at radius 3 is 2.59 bits per heavy atom. The quantitative estimate of drug-likeness (QED) is 0.695. The highest BCUT2D eigenvalue weighted by Crippen LogP contribution is 2.38. The van der Waals surface area contributed by atoms with Crippen LogP contribution in [0.2, 0.25) is 5.02 Å². The highest BCUT2D eigenvalue weighted by atomic mass is 35.5. The number of methoxy groups -OCH3 is 2. The van der Waals surface area contributed by atoms with E-state index in [1.165, 1.54) is 28.1 Å². The van der Waals surface area contributed by atoms with Crippen LogP contribution in [0.1, 0.15) is 26.2 Å². The van der Waals surface area contributed by atoms with Gasteiger partial charge in [-0.2, -0.15) is 4.98 Å². The van der Waals surface area contributed by atoms with Gasteiger partial charge in [0.2, 0.25) is 17.6 Å². The maximum Gasteiger partial charge on any atom is 0.328 e. The van der Waals surface area contributed by atoms with E-state index in [1.807, 2.05) is 0 Å². The Morgan fingerprint density at radius 1 is 1.30 bits per heavy atom. The van der Waals surface area contributed by atoms with Gasteiger partial charge in [-0.1, -0.05) is 16.8 Å². The molecule has 0 fully saturated rings. The van der Waals surface area contributed by atoms with Crippen LogP contribution < -0.4 is 14.8 Å². The maximum absolute atomic E-state index is 11.9. The summed E-state index contributed by atoms with van der Waals surface area (Å²) in [6.45, 7) is 2.80. The van der Waals surface area contributed by atoms with Crippen LogP contribution in [0.15, 0.2) is 16.7 Å². The van der Waals surface area contributed by atoms with E-state index in [-0.39, 0.29) is 24.6 Å². The standard InChI is InChI=1S/C17H20ClN3O6/c1-17(2,16(23)24)20-12(22)5-6-13-19-15(21-27-13)9-7-10(18)14(26-4)11(8-9)25-3/h7-8H,5-6H2,1-4H3,(H,20,22)(H,23,24). The van der Waals surface area contributed by atoms with Crippen LogP contribution in [0.25, 0.3) is 11.4 Å². The van der Waals surface area contributed by atoms with Crippen molar-refractivity contribution in [3.05, 3.63) is 23.0 Å². The molecular formula is C17H20ClN3O6. The first-order chi connectivity index (χ1) is 12.7. The number of carboxylic acids is 1. The minimum absolute atomic E-state index is 0.00499. The number of carbonyl (C=O) groups excluding carboxylic acids is 1. The number of aromatic nitrogens is 2. The zero-order valence-electron chi connectivity index (χ0n) is 15.3. The lowest BCUT2D eigenvalue weighted by atomic mass is 10.1. The molecule has 10 heteroatoms. The number of aryl methyl sites for hydroxylation is 1. The van der Waals surface area contributed by atoms with Gasteiger partial charge in [-0.3, -0.25) is 4.79 Å². The molecule has 0 unspecified atom stereocenters. The van der Waals surface area contributed by atoms with Gasteiger partial charge in [0, 0.05) is 18.4 Å². The van der Waals surface area contributed by atoms with Crippen molar-refractivity contribution in [2.24, 2.45) is 0 Å². The summed E-state index contributed by atoms with van der Waals surface area (Å²) in [5.41, 5.74) is -0.794. The first-order valence-corrected chi connectivity index (χ1v) is 8.34. The molecule has 1 aromatic heterocycles. The number of hydrogen-bond acceptors (Lipinski definition) is 7. The summed E-state index contributed by atoms with van der Waals surface area (Å²) < 4.78 is 15.6. The molecular weight excluding hydrogens is 378 g/mol. The molecule has 1 amide bonds. The number of hydrogen-bond donors (Lipinski definition) is 2. The van der Waals surface area contributed by atoms with Crippen molar-refractivity contribution in [1.82, 2.24) is 15.5 Å². The number of carbonyl (C=O) groups is 2. The van der Waals surface area contributed by atoms with Gasteiger partial charge in [0.1, 0.15) is 5.54 Å². The lowest BCUT2D eigenvalue weighted by Crippen LogP contribution is -2.49. The number of nitrogens with zero attached hydrogens (tertiary/aromatic N) is 2. The summed E-state index contributed by atoms with van der Waals surface area (Å²) in [7, 11) is 2.96. The molecule has 0 radical (unpaired) electrons. The fourth-order valence-corrected chi connectivity index (χ4v) is 2.49. The Labute approximate surface area is 160 Å². The number of amides is 1. The Kier molecular flexibility index (Phi) is 6.27. The molecule has 2 rings (SSSR count).